The predicted octanol–water partition coefficient (Wildman–Crippen LogP) is 7.37. The number of benzene rings is 4. The normalized spacial score (nSPS) is 18.2. The molecule has 0 radical (unpaired) electrons. The minimum Gasteiger partial charge on any atom is -0.508 e. The highest BCUT2D eigenvalue weighted by Crippen LogP contribution is 2.49. The van der Waals surface area contributed by atoms with Crippen molar-refractivity contribution in [1.82, 2.24) is 0 Å². The molecule has 1 saturated heterocycles. The zero-order valence-corrected chi connectivity index (χ0v) is 21.5. The lowest BCUT2D eigenvalue weighted by atomic mass is 9.95. The van der Waals surface area contributed by atoms with E-state index in [0.717, 1.165) is 16.8 Å². The summed E-state index contributed by atoms with van der Waals surface area (Å²) in [4.78, 5) is 2.04. The summed E-state index contributed by atoms with van der Waals surface area (Å²) in [6, 6.07) is 28.5. The largest absolute Gasteiger partial charge is 0.508 e. The minimum atomic E-state index is -0.747. The summed E-state index contributed by atoms with van der Waals surface area (Å²) in [6.07, 6.45) is 0.303. The molecule has 0 saturated carbocycles. The van der Waals surface area contributed by atoms with Crippen LogP contribution in [-0.4, -0.2) is 24.9 Å². The fourth-order valence-electron chi connectivity index (χ4n) is 4.75. The first kappa shape index (κ1) is 25.3. The van der Waals surface area contributed by atoms with Crippen LogP contribution in [0, 0.1) is 5.82 Å². The topological polar surface area (TPSA) is 63.9 Å². The lowest BCUT2D eigenvalue weighted by molar-refractivity contribution is 0.163. The third-order valence-corrected chi connectivity index (χ3v) is 8.32. The number of nitrogens with zero attached hydrogens (tertiary/aromatic N) is 1. The Bertz CT molecular complexity index is 1380. The SMILES string of the molecule is Oc1ccc([C@@H]2[C@H](CC[C@H](O)c3ccc(F)cc3)SC(=S)N2c2ccc(-c3ccccc3)cc2)c(O)c1. The molecule has 0 amide bonds. The van der Waals surface area contributed by atoms with Gasteiger partial charge in [-0.15, -0.1) is 0 Å². The van der Waals surface area contributed by atoms with E-state index in [-0.39, 0.29) is 28.6 Å². The van der Waals surface area contributed by atoms with E-state index >= 15 is 0 Å². The molecule has 3 atom stereocenters. The molecule has 0 aromatic heterocycles. The average Bonchev–Trinajstić information content (AvgIpc) is 3.23. The molecule has 188 valence electrons. The van der Waals surface area contributed by atoms with Gasteiger partial charge in [0.25, 0.3) is 0 Å². The summed E-state index contributed by atoms with van der Waals surface area (Å²) in [5.41, 5.74) is 4.41. The Morgan fingerprint density at radius 2 is 1.54 bits per heavy atom. The molecule has 0 spiro atoms. The van der Waals surface area contributed by atoms with Crippen LogP contribution in [-0.2, 0) is 0 Å². The molecule has 3 N–H and O–H groups in total. The van der Waals surface area contributed by atoms with Crippen molar-refractivity contribution in [3.63, 3.8) is 0 Å². The van der Waals surface area contributed by atoms with E-state index < -0.39 is 6.10 Å². The first-order chi connectivity index (χ1) is 17.9. The number of phenolic OH excluding ortho intramolecular Hbond substituents is 2. The van der Waals surface area contributed by atoms with Gasteiger partial charge in [0.2, 0.25) is 0 Å². The Balaban J connectivity index is 1.44. The lowest BCUT2D eigenvalue weighted by Crippen LogP contribution is -2.29. The highest BCUT2D eigenvalue weighted by Gasteiger charge is 2.41. The number of aromatic hydroxyl groups is 2. The molecule has 1 aliphatic heterocycles. The van der Waals surface area contributed by atoms with Gasteiger partial charge in [-0.25, -0.2) is 4.39 Å². The molecule has 4 nitrogen and oxygen atoms in total. The number of aliphatic hydroxyl groups is 1. The molecule has 37 heavy (non-hydrogen) atoms. The highest BCUT2D eigenvalue weighted by molar-refractivity contribution is 8.24. The van der Waals surface area contributed by atoms with E-state index in [1.165, 1.54) is 30.0 Å². The molecule has 1 aliphatic rings. The van der Waals surface area contributed by atoms with Crippen LogP contribution in [0.5, 0.6) is 11.5 Å². The zero-order valence-electron chi connectivity index (χ0n) is 19.9. The van der Waals surface area contributed by atoms with Crippen LogP contribution in [0.25, 0.3) is 11.1 Å². The highest BCUT2D eigenvalue weighted by atomic mass is 32.2. The Morgan fingerprint density at radius 1 is 0.865 bits per heavy atom. The van der Waals surface area contributed by atoms with E-state index in [0.29, 0.717) is 28.3 Å². The molecule has 4 aromatic carbocycles. The van der Waals surface area contributed by atoms with Crippen LogP contribution in [0.1, 0.15) is 36.1 Å². The molecule has 7 heteroatoms. The van der Waals surface area contributed by atoms with Gasteiger partial charge in [0.1, 0.15) is 21.6 Å². The average molecular weight is 532 g/mol. The van der Waals surface area contributed by atoms with E-state index in [1.54, 1.807) is 24.3 Å². The Kier molecular flexibility index (Phi) is 7.46. The maximum absolute atomic E-state index is 13.3. The maximum atomic E-state index is 13.3. The second-order valence-electron chi connectivity index (χ2n) is 9.04. The van der Waals surface area contributed by atoms with Crippen LogP contribution in [0.2, 0.25) is 0 Å². The van der Waals surface area contributed by atoms with E-state index in [4.69, 9.17) is 12.2 Å². The van der Waals surface area contributed by atoms with Gasteiger partial charge in [-0.1, -0.05) is 78.6 Å². The van der Waals surface area contributed by atoms with Crippen LogP contribution in [0.3, 0.4) is 0 Å². The number of halogens is 1. The second-order valence-corrected chi connectivity index (χ2v) is 10.9. The number of hydrogen-bond donors (Lipinski definition) is 3. The molecule has 0 aliphatic carbocycles. The number of thioether (sulfide) groups is 1. The maximum Gasteiger partial charge on any atom is 0.141 e. The van der Waals surface area contributed by atoms with Gasteiger partial charge in [0.05, 0.1) is 12.1 Å². The van der Waals surface area contributed by atoms with Gasteiger partial charge >= 0.3 is 0 Å². The number of phenols is 2. The zero-order chi connectivity index (χ0) is 25.9. The van der Waals surface area contributed by atoms with Gasteiger partial charge in [-0.3, -0.25) is 0 Å². The number of hydrogen-bond acceptors (Lipinski definition) is 5. The molecular weight excluding hydrogens is 505 g/mol. The summed E-state index contributed by atoms with van der Waals surface area (Å²) < 4.78 is 14.0. The Labute approximate surface area is 225 Å². The fraction of sp³-hybridized carbons (Fsp3) is 0.167. The van der Waals surface area contributed by atoms with Crippen molar-refractivity contribution in [2.75, 3.05) is 4.90 Å². The van der Waals surface area contributed by atoms with Crippen LogP contribution in [0.4, 0.5) is 10.1 Å². The Morgan fingerprint density at radius 3 is 2.22 bits per heavy atom. The van der Waals surface area contributed by atoms with Gasteiger partial charge < -0.3 is 20.2 Å². The van der Waals surface area contributed by atoms with Gasteiger partial charge in [-0.05, 0) is 65.9 Å². The van der Waals surface area contributed by atoms with E-state index in [2.05, 4.69) is 24.3 Å². The molecule has 1 fully saturated rings. The monoisotopic (exact) mass is 531 g/mol. The van der Waals surface area contributed by atoms with Crippen LogP contribution in [0.15, 0.2) is 97.1 Å². The van der Waals surface area contributed by atoms with Crippen molar-refractivity contribution in [3.8, 4) is 22.6 Å². The molecule has 4 aromatic rings. The predicted molar refractivity (Wildman–Crippen MR) is 151 cm³/mol. The van der Waals surface area contributed by atoms with Crippen molar-refractivity contribution >= 4 is 34.0 Å². The van der Waals surface area contributed by atoms with Gasteiger partial charge in [0, 0.05) is 22.6 Å². The first-order valence-corrected chi connectivity index (χ1v) is 13.3. The quantitative estimate of drug-likeness (QED) is 0.217. The smallest absolute Gasteiger partial charge is 0.141 e. The van der Waals surface area contributed by atoms with Crippen molar-refractivity contribution in [2.45, 2.75) is 30.2 Å². The summed E-state index contributed by atoms with van der Waals surface area (Å²) >= 11 is 7.35. The van der Waals surface area contributed by atoms with Gasteiger partial charge in [0.15, 0.2) is 0 Å². The van der Waals surface area contributed by atoms with Crippen molar-refractivity contribution in [3.05, 3.63) is 114 Å². The number of anilines is 1. The van der Waals surface area contributed by atoms with Gasteiger partial charge in [-0.2, -0.15) is 0 Å². The van der Waals surface area contributed by atoms with Crippen molar-refractivity contribution in [1.29, 1.82) is 0 Å². The third-order valence-electron chi connectivity index (χ3n) is 6.64. The Hall–Kier alpha value is -3.39. The molecular formula is C30H26FNO3S2. The number of thiocarbonyl (C=S) groups is 1. The summed E-state index contributed by atoms with van der Waals surface area (Å²) in [5, 5.41) is 31.3. The molecule has 0 unspecified atom stereocenters. The van der Waals surface area contributed by atoms with E-state index in [1.807, 2.05) is 35.2 Å². The minimum absolute atomic E-state index is 0.00899. The van der Waals surface area contributed by atoms with Crippen molar-refractivity contribution < 1.29 is 19.7 Å². The summed E-state index contributed by atoms with van der Waals surface area (Å²) in [5.74, 6) is -0.369. The fourth-order valence-corrected chi connectivity index (χ4v) is 6.59. The number of rotatable bonds is 7. The molecule has 1 heterocycles. The summed E-state index contributed by atoms with van der Waals surface area (Å²) in [7, 11) is 0. The lowest BCUT2D eigenvalue weighted by Gasteiger charge is -2.30. The molecule has 0 bridgehead atoms. The third kappa shape index (κ3) is 5.49. The first-order valence-electron chi connectivity index (χ1n) is 12.0. The van der Waals surface area contributed by atoms with Crippen LogP contribution < -0.4 is 4.90 Å². The second kappa shape index (κ2) is 10.9. The van der Waals surface area contributed by atoms with Crippen molar-refractivity contribution in [2.24, 2.45) is 0 Å². The molecule has 5 rings (SSSR count). The summed E-state index contributed by atoms with van der Waals surface area (Å²) in [6.45, 7) is 0. The standard InChI is InChI=1S/C30H26FNO3S2/c31-22-10-6-21(7-11-22)26(34)16-17-28-29(25-15-14-24(33)18-27(25)35)32(30(36)37-28)23-12-8-20(9-13-23)19-4-2-1-3-5-19/h1-15,18,26,28-29,33-35H,16-17H2/t26-,28-,29+/m0/s1. The van der Waals surface area contributed by atoms with Crippen LogP contribution >= 0.6 is 24.0 Å². The van der Waals surface area contributed by atoms with E-state index in [9.17, 15) is 19.7 Å². The number of aliphatic hydroxyl groups excluding tert-OH is 1.